The zero-order valence-electron chi connectivity index (χ0n) is 13.9. The highest BCUT2D eigenvalue weighted by molar-refractivity contribution is 5.91. The Balaban J connectivity index is 1.53. The van der Waals surface area contributed by atoms with Gasteiger partial charge in [-0.2, -0.15) is 0 Å². The Bertz CT molecular complexity index is 723. The molecule has 0 saturated carbocycles. The van der Waals surface area contributed by atoms with Crippen LogP contribution >= 0.6 is 0 Å². The number of halogens is 1. The number of likely N-dealkylation sites (tertiary alicyclic amines) is 1. The molecule has 1 aliphatic rings. The van der Waals surface area contributed by atoms with E-state index in [4.69, 9.17) is 0 Å². The molecule has 2 aromatic rings. The number of rotatable bonds is 4. The van der Waals surface area contributed by atoms with E-state index in [9.17, 15) is 14.3 Å². The lowest BCUT2D eigenvalue weighted by molar-refractivity contribution is -0.127. The molecule has 1 aromatic heterocycles. The summed E-state index contributed by atoms with van der Waals surface area (Å²) in [6.45, 7) is 1.22. The van der Waals surface area contributed by atoms with Gasteiger partial charge in [-0.25, -0.2) is 4.39 Å². The van der Waals surface area contributed by atoms with Crippen molar-refractivity contribution in [2.75, 3.05) is 13.1 Å². The molecule has 1 atom stereocenters. The highest BCUT2D eigenvalue weighted by Crippen LogP contribution is 2.30. The van der Waals surface area contributed by atoms with Crippen LogP contribution in [0.15, 0.2) is 54.9 Å². The van der Waals surface area contributed by atoms with Crippen molar-refractivity contribution in [2.24, 2.45) is 5.92 Å². The van der Waals surface area contributed by atoms with Crippen molar-refractivity contribution >= 4 is 12.0 Å². The molecule has 2 heterocycles. The molecule has 0 radical (unpaired) electrons. The van der Waals surface area contributed by atoms with Gasteiger partial charge in [-0.1, -0.05) is 18.2 Å². The SMILES string of the molecule is O=C(/C=C/c1cccnc1)N1CCC([C@@H](O)c2ccc(F)cc2)CC1. The maximum absolute atomic E-state index is 13.0. The summed E-state index contributed by atoms with van der Waals surface area (Å²) in [7, 11) is 0. The molecule has 1 fully saturated rings. The number of hydrogen-bond acceptors (Lipinski definition) is 3. The van der Waals surface area contributed by atoms with Crippen LogP contribution in [0, 0.1) is 11.7 Å². The summed E-state index contributed by atoms with van der Waals surface area (Å²) in [6.07, 6.45) is 7.55. The number of piperidine rings is 1. The predicted molar refractivity (Wildman–Crippen MR) is 93.9 cm³/mol. The van der Waals surface area contributed by atoms with E-state index in [0.29, 0.717) is 13.1 Å². The maximum Gasteiger partial charge on any atom is 0.246 e. The van der Waals surface area contributed by atoms with Crippen LogP contribution in [0.2, 0.25) is 0 Å². The molecule has 1 amide bonds. The number of pyridine rings is 1. The lowest BCUT2D eigenvalue weighted by Gasteiger charge is -2.34. The van der Waals surface area contributed by atoms with Crippen LogP contribution in [-0.2, 0) is 4.79 Å². The van der Waals surface area contributed by atoms with Crippen molar-refractivity contribution < 1.29 is 14.3 Å². The smallest absolute Gasteiger partial charge is 0.246 e. The van der Waals surface area contributed by atoms with Gasteiger partial charge in [0.1, 0.15) is 5.82 Å². The average molecular weight is 340 g/mol. The quantitative estimate of drug-likeness (QED) is 0.870. The fourth-order valence-electron chi connectivity index (χ4n) is 3.12. The second-order valence-electron chi connectivity index (χ2n) is 6.28. The van der Waals surface area contributed by atoms with Gasteiger partial charge >= 0.3 is 0 Å². The summed E-state index contributed by atoms with van der Waals surface area (Å²) in [5, 5.41) is 10.5. The number of amides is 1. The topological polar surface area (TPSA) is 53.4 Å². The number of carbonyl (C=O) groups is 1. The average Bonchev–Trinajstić information content (AvgIpc) is 2.67. The molecule has 5 heteroatoms. The molecular weight excluding hydrogens is 319 g/mol. The highest BCUT2D eigenvalue weighted by Gasteiger charge is 2.27. The minimum absolute atomic E-state index is 0.0291. The van der Waals surface area contributed by atoms with E-state index in [1.165, 1.54) is 12.1 Å². The van der Waals surface area contributed by atoms with Crippen LogP contribution in [-0.4, -0.2) is 34.0 Å². The largest absolute Gasteiger partial charge is 0.388 e. The van der Waals surface area contributed by atoms with Crippen LogP contribution in [0.25, 0.3) is 6.08 Å². The van der Waals surface area contributed by atoms with Crippen molar-refractivity contribution in [1.82, 2.24) is 9.88 Å². The van der Waals surface area contributed by atoms with E-state index in [0.717, 1.165) is 24.0 Å². The minimum atomic E-state index is -0.621. The van der Waals surface area contributed by atoms with Gasteiger partial charge < -0.3 is 10.0 Å². The van der Waals surface area contributed by atoms with E-state index in [2.05, 4.69) is 4.98 Å². The standard InChI is InChI=1S/C20H21FN2O2/c21-18-6-4-16(5-7-18)20(25)17-9-12-23(13-10-17)19(24)8-3-15-2-1-11-22-14-15/h1-8,11,14,17,20,25H,9-10,12-13H2/b8-3+/t20-/m0/s1. The van der Waals surface area contributed by atoms with Crippen LogP contribution in [0.3, 0.4) is 0 Å². The number of carbonyl (C=O) groups excluding carboxylic acids is 1. The van der Waals surface area contributed by atoms with Crippen molar-refractivity contribution in [1.29, 1.82) is 0 Å². The predicted octanol–water partition coefficient (Wildman–Crippen LogP) is 3.21. The number of benzene rings is 1. The first-order valence-corrected chi connectivity index (χ1v) is 8.44. The van der Waals surface area contributed by atoms with Gasteiger partial charge in [0.25, 0.3) is 0 Å². The van der Waals surface area contributed by atoms with E-state index >= 15 is 0 Å². The van der Waals surface area contributed by atoms with Crippen LogP contribution in [0.4, 0.5) is 4.39 Å². The molecule has 130 valence electrons. The Morgan fingerprint density at radius 2 is 1.96 bits per heavy atom. The number of aliphatic hydroxyl groups is 1. The van der Waals surface area contributed by atoms with Gasteiger partial charge in [0.15, 0.2) is 0 Å². The maximum atomic E-state index is 13.0. The molecule has 1 aromatic carbocycles. The summed E-state index contributed by atoms with van der Waals surface area (Å²) in [4.78, 5) is 18.1. The molecule has 1 N–H and O–H groups in total. The van der Waals surface area contributed by atoms with Gasteiger partial charge in [0.05, 0.1) is 6.10 Å². The first kappa shape index (κ1) is 17.3. The Kier molecular flexibility index (Phi) is 5.56. The zero-order chi connectivity index (χ0) is 17.6. The van der Waals surface area contributed by atoms with E-state index in [1.54, 1.807) is 41.6 Å². The Morgan fingerprint density at radius 1 is 1.24 bits per heavy atom. The molecule has 1 saturated heterocycles. The zero-order valence-corrected chi connectivity index (χ0v) is 13.9. The Morgan fingerprint density at radius 3 is 2.60 bits per heavy atom. The van der Waals surface area contributed by atoms with Gasteiger partial charge in [-0.15, -0.1) is 0 Å². The lowest BCUT2D eigenvalue weighted by atomic mass is 9.87. The molecule has 4 nitrogen and oxygen atoms in total. The molecule has 3 rings (SSSR count). The molecule has 0 aliphatic carbocycles. The fourth-order valence-corrected chi connectivity index (χ4v) is 3.12. The summed E-state index contributed by atoms with van der Waals surface area (Å²) < 4.78 is 13.0. The van der Waals surface area contributed by atoms with Gasteiger partial charge in [0.2, 0.25) is 5.91 Å². The highest BCUT2D eigenvalue weighted by atomic mass is 19.1. The van der Waals surface area contributed by atoms with Crippen LogP contribution < -0.4 is 0 Å². The fraction of sp³-hybridized carbons (Fsp3) is 0.300. The van der Waals surface area contributed by atoms with Crippen molar-refractivity contribution in [3.05, 3.63) is 71.8 Å². The van der Waals surface area contributed by atoms with E-state index < -0.39 is 6.10 Å². The van der Waals surface area contributed by atoms with Gasteiger partial charge in [-0.3, -0.25) is 9.78 Å². The third-order valence-electron chi connectivity index (χ3n) is 4.61. The van der Waals surface area contributed by atoms with Gasteiger partial charge in [-0.05, 0) is 54.2 Å². The number of aromatic nitrogens is 1. The van der Waals surface area contributed by atoms with Gasteiger partial charge in [0, 0.05) is 31.6 Å². The Labute approximate surface area is 146 Å². The number of hydrogen-bond donors (Lipinski definition) is 1. The Hall–Kier alpha value is -2.53. The summed E-state index contributed by atoms with van der Waals surface area (Å²) in [5.74, 6) is -0.257. The minimum Gasteiger partial charge on any atom is -0.388 e. The first-order valence-electron chi connectivity index (χ1n) is 8.44. The number of nitrogens with zero attached hydrogens (tertiary/aromatic N) is 2. The lowest BCUT2D eigenvalue weighted by Crippen LogP contribution is -2.38. The normalized spacial score (nSPS) is 17.0. The molecule has 0 spiro atoms. The monoisotopic (exact) mass is 340 g/mol. The molecule has 1 aliphatic heterocycles. The van der Waals surface area contributed by atoms with Crippen molar-refractivity contribution in [3.8, 4) is 0 Å². The van der Waals surface area contributed by atoms with Crippen LogP contribution in [0.1, 0.15) is 30.1 Å². The van der Waals surface area contributed by atoms with E-state index in [-0.39, 0.29) is 17.6 Å². The van der Waals surface area contributed by atoms with Crippen molar-refractivity contribution in [3.63, 3.8) is 0 Å². The van der Waals surface area contributed by atoms with E-state index in [1.807, 2.05) is 12.1 Å². The first-order chi connectivity index (χ1) is 12.1. The molecular formula is C20H21FN2O2. The van der Waals surface area contributed by atoms with Crippen LogP contribution in [0.5, 0.6) is 0 Å². The van der Waals surface area contributed by atoms with Crippen molar-refractivity contribution in [2.45, 2.75) is 18.9 Å². The molecule has 0 bridgehead atoms. The second kappa shape index (κ2) is 8.03. The summed E-state index contributed by atoms with van der Waals surface area (Å²) >= 11 is 0. The third-order valence-corrected chi connectivity index (χ3v) is 4.61. The molecule has 25 heavy (non-hydrogen) atoms. The summed E-state index contributed by atoms with van der Waals surface area (Å²) in [6, 6.07) is 9.68. The number of aliphatic hydroxyl groups excluding tert-OH is 1. The summed E-state index contributed by atoms with van der Waals surface area (Å²) in [5.41, 5.74) is 1.61. The second-order valence-corrected chi connectivity index (χ2v) is 6.28. The third kappa shape index (κ3) is 4.51. The molecule has 0 unspecified atom stereocenters.